The van der Waals surface area contributed by atoms with Crippen molar-refractivity contribution in [2.24, 2.45) is 0 Å². The minimum Gasteiger partial charge on any atom is -0.355 e. The van der Waals surface area contributed by atoms with E-state index in [-0.39, 0.29) is 23.0 Å². The van der Waals surface area contributed by atoms with Crippen molar-refractivity contribution in [1.82, 2.24) is 5.32 Å². The smallest absolute Gasteiger partial charge is 0.251 e. The lowest BCUT2D eigenvalue weighted by Gasteiger charge is -2.07. The van der Waals surface area contributed by atoms with Gasteiger partial charge in [-0.25, -0.2) is 8.42 Å². The highest BCUT2D eigenvalue weighted by molar-refractivity contribution is 7.91. The zero-order valence-corrected chi connectivity index (χ0v) is 15.0. The molecule has 2 aromatic carbocycles. The monoisotopic (exact) mass is 380 g/mol. The first-order chi connectivity index (χ1) is 11.8. The molecule has 0 aromatic heterocycles. The number of rotatable bonds is 6. The van der Waals surface area contributed by atoms with Crippen LogP contribution in [-0.2, 0) is 14.6 Å². The maximum absolute atomic E-state index is 12.2. The standard InChI is InChI=1S/C17H17ClN2O4S/c1-19-17(22)12-2-6-14(7-3-12)20-16(21)10-11-25(23,24)15-8-4-13(18)5-9-15/h2-9H,10-11H2,1H3,(H,19,22)(H,20,21). The third-order valence-electron chi connectivity index (χ3n) is 3.43. The van der Waals surface area contributed by atoms with Crippen molar-refractivity contribution in [2.75, 3.05) is 18.1 Å². The Bertz CT molecular complexity index is 863. The quantitative estimate of drug-likeness (QED) is 0.805. The fraction of sp³-hybridized carbons (Fsp3) is 0.176. The Morgan fingerprint density at radius 3 is 2.16 bits per heavy atom. The first kappa shape index (κ1) is 19.0. The first-order valence-corrected chi connectivity index (χ1v) is 9.45. The van der Waals surface area contributed by atoms with Crippen LogP contribution in [0.25, 0.3) is 0 Å². The van der Waals surface area contributed by atoms with Gasteiger partial charge < -0.3 is 10.6 Å². The summed E-state index contributed by atoms with van der Waals surface area (Å²) in [7, 11) is -2.03. The van der Waals surface area contributed by atoms with Crippen molar-refractivity contribution in [1.29, 1.82) is 0 Å². The van der Waals surface area contributed by atoms with E-state index in [1.807, 2.05) is 0 Å². The van der Waals surface area contributed by atoms with Crippen molar-refractivity contribution < 1.29 is 18.0 Å². The largest absolute Gasteiger partial charge is 0.355 e. The van der Waals surface area contributed by atoms with Crippen molar-refractivity contribution in [3.05, 3.63) is 59.1 Å². The number of anilines is 1. The van der Waals surface area contributed by atoms with Crippen LogP contribution < -0.4 is 10.6 Å². The Morgan fingerprint density at radius 2 is 1.60 bits per heavy atom. The molecular weight excluding hydrogens is 364 g/mol. The highest BCUT2D eigenvalue weighted by atomic mass is 35.5. The second-order valence-corrected chi connectivity index (χ2v) is 7.77. The fourth-order valence-corrected chi connectivity index (χ4v) is 3.43. The van der Waals surface area contributed by atoms with E-state index in [0.29, 0.717) is 16.3 Å². The second-order valence-electron chi connectivity index (χ2n) is 5.23. The molecule has 2 rings (SSSR count). The van der Waals surface area contributed by atoms with E-state index in [9.17, 15) is 18.0 Å². The predicted molar refractivity (Wildman–Crippen MR) is 96.6 cm³/mol. The van der Waals surface area contributed by atoms with Crippen LogP contribution >= 0.6 is 11.6 Å². The van der Waals surface area contributed by atoms with Crippen molar-refractivity contribution in [3.8, 4) is 0 Å². The van der Waals surface area contributed by atoms with Gasteiger partial charge >= 0.3 is 0 Å². The van der Waals surface area contributed by atoms with Gasteiger partial charge in [0.05, 0.1) is 10.6 Å². The van der Waals surface area contributed by atoms with Gasteiger partial charge in [0.25, 0.3) is 5.91 Å². The van der Waals surface area contributed by atoms with Gasteiger partial charge in [-0.2, -0.15) is 0 Å². The number of carbonyl (C=O) groups is 2. The average molecular weight is 381 g/mol. The molecule has 2 aromatic rings. The molecule has 0 radical (unpaired) electrons. The van der Waals surface area contributed by atoms with E-state index >= 15 is 0 Å². The summed E-state index contributed by atoms with van der Waals surface area (Å²) in [4.78, 5) is 23.5. The number of sulfone groups is 1. The van der Waals surface area contributed by atoms with E-state index in [2.05, 4.69) is 10.6 Å². The molecule has 0 saturated carbocycles. The lowest BCUT2D eigenvalue weighted by molar-refractivity contribution is -0.115. The van der Waals surface area contributed by atoms with Crippen LogP contribution in [0.5, 0.6) is 0 Å². The summed E-state index contributed by atoms with van der Waals surface area (Å²) in [5.74, 6) is -0.964. The molecule has 6 nitrogen and oxygen atoms in total. The van der Waals surface area contributed by atoms with Crippen LogP contribution in [0.3, 0.4) is 0 Å². The molecule has 8 heteroatoms. The summed E-state index contributed by atoms with van der Waals surface area (Å²) >= 11 is 5.74. The molecule has 2 N–H and O–H groups in total. The third-order valence-corrected chi connectivity index (χ3v) is 5.41. The van der Waals surface area contributed by atoms with Gasteiger partial charge in [0, 0.05) is 29.7 Å². The second kappa shape index (κ2) is 8.13. The highest BCUT2D eigenvalue weighted by Gasteiger charge is 2.16. The number of hydrogen-bond donors (Lipinski definition) is 2. The van der Waals surface area contributed by atoms with Crippen LogP contribution in [0.4, 0.5) is 5.69 Å². The number of benzene rings is 2. The summed E-state index contributed by atoms with van der Waals surface area (Å²) in [6, 6.07) is 12.1. The molecule has 2 amide bonds. The molecular formula is C17H17ClN2O4S. The molecule has 0 aliphatic carbocycles. The van der Waals surface area contributed by atoms with Crippen LogP contribution in [0.2, 0.25) is 5.02 Å². The van der Waals surface area contributed by atoms with Gasteiger partial charge in [-0.1, -0.05) is 11.6 Å². The molecule has 132 valence electrons. The summed E-state index contributed by atoms with van der Waals surface area (Å²) in [6.45, 7) is 0. The molecule has 0 aliphatic heterocycles. The Balaban J connectivity index is 1.94. The number of carbonyl (C=O) groups excluding carboxylic acids is 2. The van der Waals surface area contributed by atoms with Crippen LogP contribution in [0.1, 0.15) is 16.8 Å². The normalized spacial score (nSPS) is 11.0. The van der Waals surface area contributed by atoms with Crippen LogP contribution in [0, 0.1) is 0 Å². The molecule has 0 saturated heterocycles. The van der Waals surface area contributed by atoms with E-state index in [0.717, 1.165) is 0 Å². The molecule has 0 bridgehead atoms. The number of halogens is 1. The lowest BCUT2D eigenvalue weighted by Crippen LogP contribution is -2.19. The van der Waals surface area contributed by atoms with Crippen molar-refractivity contribution in [3.63, 3.8) is 0 Å². The zero-order valence-electron chi connectivity index (χ0n) is 13.5. The predicted octanol–water partition coefficient (Wildman–Crippen LogP) is 2.50. The van der Waals surface area contributed by atoms with E-state index in [4.69, 9.17) is 11.6 Å². The third kappa shape index (κ3) is 5.30. The van der Waals surface area contributed by atoms with Crippen molar-refractivity contribution >= 4 is 38.9 Å². The number of hydrogen-bond acceptors (Lipinski definition) is 4. The topological polar surface area (TPSA) is 92.3 Å². The van der Waals surface area contributed by atoms with Gasteiger partial charge in [0.1, 0.15) is 0 Å². The maximum atomic E-state index is 12.2. The Kier molecular flexibility index (Phi) is 6.17. The molecule has 0 unspecified atom stereocenters. The van der Waals surface area contributed by atoms with Crippen LogP contribution in [-0.4, -0.2) is 33.0 Å². The Labute approximate surface area is 151 Å². The summed E-state index contributed by atoms with van der Waals surface area (Å²) in [6.07, 6.45) is -0.178. The van der Waals surface area contributed by atoms with Gasteiger partial charge in [0.2, 0.25) is 5.91 Å². The van der Waals surface area contributed by atoms with Gasteiger partial charge in [-0.3, -0.25) is 9.59 Å². The molecule has 0 spiro atoms. The van der Waals surface area contributed by atoms with Crippen LogP contribution in [0.15, 0.2) is 53.4 Å². The SMILES string of the molecule is CNC(=O)c1ccc(NC(=O)CCS(=O)(=O)c2ccc(Cl)cc2)cc1. The van der Waals surface area contributed by atoms with Crippen molar-refractivity contribution in [2.45, 2.75) is 11.3 Å². The number of nitrogens with one attached hydrogen (secondary N) is 2. The molecule has 0 fully saturated rings. The summed E-state index contributed by atoms with van der Waals surface area (Å²) in [5.41, 5.74) is 0.951. The molecule has 0 aliphatic rings. The summed E-state index contributed by atoms with van der Waals surface area (Å²) in [5, 5.41) is 5.54. The van der Waals surface area contributed by atoms with Gasteiger partial charge in [-0.05, 0) is 48.5 Å². The van der Waals surface area contributed by atoms with Gasteiger partial charge in [-0.15, -0.1) is 0 Å². The maximum Gasteiger partial charge on any atom is 0.251 e. The van der Waals surface area contributed by atoms with E-state index in [1.165, 1.54) is 31.3 Å². The molecule has 0 heterocycles. The fourth-order valence-electron chi connectivity index (χ4n) is 2.06. The van der Waals surface area contributed by atoms with E-state index in [1.54, 1.807) is 24.3 Å². The molecule has 0 atom stereocenters. The summed E-state index contributed by atoms with van der Waals surface area (Å²) < 4.78 is 24.4. The zero-order chi connectivity index (χ0) is 18.4. The lowest BCUT2D eigenvalue weighted by atomic mass is 10.2. The minimum absolute atomic E-state index is 0.125. The Hall–Kier alpha value is -2.38. The molecule has 25 heavy (non-hydrogen) atoms. The Morgan fingerprint density at radius 1 is 1.00 bits per heavy atom. The first-order valence-electron chi connectivity index (χ1n) is 7.42. The highest BCUT2D eigenvalue weighted by Crippen LogP contribution is 2.16. The van der Waals surface area contributed by atoms with Gasteiger partial charge in [0.15, 0.2) is 9.84 Å². The minimum atomic E-state index is -3.56. The number of amides is 2. The average Bonchev–Trinajstić information content (AvgIpc) is 2.60. The van der Waals surface area contributed by atoms with E-state index < -0.39 is 15.7 Å².